The lowest BCUT2D eigenvalue weighted by molar-refractivity contribution is -0.110. The molecule has 5 nitrogen and oxygen atoms in total. The fraction of sp³-hybridized carbons (Fsp3) is 0.318. The molecule has 1 heterocycles. The molecule has 1 aliphatic rings. The number of carbonyl (C=O) groups excluding carboxylic acids is 1. The van der Waals surface area contributed by atoms with Crippen LogP contribution in [-0.4, -0.2) is 37.0 Å². The largest absolute Gasteiger partial charge is 0.383 e. The van der Waals surface area contributed by atoms with Crippen molar-refractivity contribution in [1.29, 1.82) is 0 Å². The summed E-state index contributed by atoms with van der Waals surface area (Å²) in [6, 6.07) is 12.4. The second-order valence-corrected chi connectivity index (χ2v) is 6.70. The molecule has 148 valence electrons. The van der Waals surface area contributed by atoms with Gasteiger partial charge in [-0.2, -0.15) is 0 Å². The predicted octanol–water partition coefficient (Wildman–Crippen LogP) is 4.37. The van der Waals surface area contributed by atoms with Crippen molar-refractivity contribution in [2.75, 3.05) is 42.1 Å². The summed E-state index contributed by atoms with van der Waals surface area (Å²) in [5.74, 6) is -0.483. The molecule has 0 saturated heterocycles. The summed E-state index contributed by atoms with van der Waals surface area (Å²) in [7, 11) is 0. The molecule has 0 bridgehead atoms. The molecule has 0 radical (unpaired) electrons. The minimum Gasteiger partial charge on any atom is -0.383 e. The summed E-state index contributed by atoms with van der Waals surface area (Å²) in [5.41, 5.74) is 3.25. The standard InChI is InChI=1S/C22H27FN4O/c1-3-27(4-2)13-7-12-24-21-11-10-16(14-19(21)23)25-15-18-17-8-5-6-9-20(17)26-22(18)28/h5-6,8-11,14-15,24-25H,3-4,7,12-13H2,1-2H3,(H,26,28)/b18-15-. The van der Waals surface area contributed by atoms with Gasteiger partial charge in [-0.05, 0) is 50.3 Å². The van der Waals surface area contributed by atoms with Gasteiger partial charge in [0.05, 0.1) is 11.3 Å². The van der Waals surface area contributed by atoms with Crippen molar-refractivity contribution in [3.63, 3.8) is 0 Å². The second kappa shape index (κ2) is 9.37. The van der Waals surface area contributed by atoms with E-state index in [4.69, 9.17) is 0 Å². The smallest absolute Gasteiger partial charge is 0.257 e. The molecule has 2 aromatic carbocycles. The van der Waals surface area contributed by atoms with Crippen LogP contribution in [0.1, 0.15) is 25.8 Å². The first-order valence-electron chi connectivity index (χ1n) is 9.75. The zero-order chi connectivity index (χ0) is 19.9. The number of nitrogens with one attached hydrogen (secondary N) is 3. The fourth-order valence-electron chi connectivity index (χ4n) is 3.25. The molecule has 0 spiro atoms. The molecule has 0 aromatic heterocycles. The maximum absolute atomic E-state index is 14.4. The topological polar surface area (TPSA) is 56.4 Å². The van der Waals surface area contributed by atoms with Crippen LogP contribution in [0.4, 0.5) is 21.5 Å². The Hall–Kier alpha value is -2.86. The van der Waals surface area contributed by atoms with Crippen LogP contribution in [0, 0.1) is 5.82 Å². The Kier molecular flexibility index (Phi) is 6.66. The number of halogens is 1. The number of amides is 1. The number of hydrogen-bond acceptors (Lipinski definition) is 4. The van der Waals surface area contributed by atoms with Gasteiger partial charge in [0, 0.05) is 29.7 Å². The predicted molar refractivity (Wildman–Crippen MR) is 114 cm³/mol. The van der Waals surface area contributed by atoms with Crippen LogP contribution < -0.4 is 16.0 Å². The number of hydrogen-bond donors (Lipinski definition) is 3. The van der Waals surface area contributed by atoms with Gasteiger partial charge >= 0.3 is 0 Å². The molecular weight excluding hydrogens is 355 g/mol. The van der Waals surface area contributed by atoms with Crippen LogP contribution in [0.5, 0.6) is 0 Å². The van der Waals surface area contributed by atoms with E-state index in [1.165, 1.54) is 6.07 Å². The van der Waals surface area contributed by atoms with E-state index in [1.807, 2.05) is 24.3 Å². The maximum Gasteiger partial charge on any atom is 0.257 e. The van der Waals surface area contributed by atoms with Gasteiger partial charge in [0.15, 0.2) is 0 Å². The Labute approximate surface area is 165 Å². The van der Waals surface area contributed by atoms with Gasteiger partial charge in [0.25, 0.3) is 5.91 Å². The molecule has 0 atom stereocenters. The summed E-state index contributed by atoms with van der Waals surface area (Å²) < 4.78 is 14.4. The van der Waals surface area contributed by atoms with Crippen LogP contribution in [0.2, 0.25) is 0 Å². The van der Waals surface area contributed by atoms with Crippen LogP contribution in [0.15, 0.2) is 48.7 Å². The van der Waals surface area contributed by atoms with Crippen molar-refractivity contribution in [2.45, 2.75) is 20.3 Å². The van der Waals surface area contributed by atoms with Crippen LogP contribution in [0.25, 0.3) is 5.57 Å². The van der Waals surface area contributed by atoms with E-state index in [-0.39, 0.29) is 11.7 Å². The molecule has 0 aliphatic carbocycles. The normalized spacial score (nSPS) is 14.3. The van der Waals surface area contributed by atoms with Gasteiger partial charge < -0.3 is 20.9 Å². The van der Waals surface area contributed by atoms with E-state index in [9.17, 15) is 9.18 Å². The zero-order valence-electron chi connectivity index (χ0n) is 16.4. The average molecular weight is 382 g/mol. The van der Waals surface area contributed by atoms with Gasteiger partial charge in [-0.15, -0.1) is 0 Å². The quantitative estimate of drug-likeness (QED) is 0.445. The monoisotopic (exact) mass is 382 g/mol. The molecule has 1 amide bonds. The lowest BCUT2D eigenvalue weighted by Crippen LogP contribution is -2.25. The SMILES string of the molecule is CCN(CC)CCCNc1ccc(N/C=C2\C(=O)Nc3ccccc32)cc1F. The second-order valence-electron chi connectivity index (χ2n) is 6.70. The summed E-state index contributed by atoms with van der Waals surface area (Å²) >= 11 is 0. The number of rotatable bonds is 9. The Balaban J connectivity index is 1.58. The summed E-state index contributed by atoms with van der Waals surface area (Å²) in [4.78, 5) is 14.4. The molecule has 2 aromatic rings. The third kappa shape index (κ3) is 4.70. The highest BCUT2D eigenvalue weighted by Crippen LogP contribution is 2.31. The van der Waals surface area contributed by atoms with Crippen LogP contribution in [0.3, 0.4) is 0 Å². The van der Waals surface area contributed by atoms with Crippen molar-refractivity contribution < 1.29 is 9.18 Å². The maximum atomic E-state index is 14.4. The summed E-state index contributed by atoms with van der Waals surface area (Å²) in [6.07, 6.45) is 2.58. The van der Waals surface area contributed by atoms with E-state index in [2.05, 4.69) is 34.7 Å². The van der Waals surface area contributed by atoms with Gasteiger partial charge in [-0.1, -0.05) is 32.0 Å². The molecule has 6 heteroatoms. The third-order valence-corrected chi connectivity index (χ3v) is 4.92. The summed E-state index contributed by atoms with van der Waals surface area (Å²) in [5, 5.41) is 8.99. The van der Waals surface area contributed by atoms with E-state index in [0.29, 0.717) is 16.9 Å². The van der Waals surface area contributed by atoms with Gasteiger partial charge in [0.2, 0.25) is 0 Å². The first-order valence-corrected chi connectivity index (χ1v) is 9.75. The minimum atomic E-state index is -0.317. The van der Waals surface area contributed by atoms with Crippen LogP contribution in [-0.2, 0) is 4.79 Å². The Morgan fingerprint density at radius 2 is 1.93 bits per heavy atom. The number of fused-ring (bicyclic) bond motifs is 1. The molecule has 3 rings (SSSR count). The zero-order valence-corrected chi connectivity index (χ0v) is 16.4. The highest BCUT2D eigenvalue weighted by Gasteiger charge is 2.23. The van der Waals surface area contributed by atoms with E-state index < -0.39 is 0 Å². The fourth-order valence-corrected chi connectivity index (χ4v) is 3.25. The molecule has 3 N–H and O–H groups in total. The van der Waals surface area contributed by atoms with Crippen LogP contribution >= 0.6 is 0 Å². The van der Waals surface area contributed by atoms with Crippen molar-refractivity contribution in [2.24, 2.45) is 0 Å². The first-order chi connectivity index (χ1) is 13.6. The minimum absolute atomic E-state index is 0.166. The lowest BCUT2D eigenvalue weighted by atomic mass is 10.1. The van der Waals surface area contributed by atoms with Crippen molar-refractivity contribution in [1.82, 2.24) is 4.90 Å². The highest BCUT2D eigenvalue weighted by molar-refractivity contribution is 6.31. The Bertz CT molecular complexity index is 861. The highest BCUT2D eigenvalue weighted by atomic mass is 19.1. The molecule has 0 fully saturated rings. The van der Waals surface area contributed by atoms with Crippen molar-refractivity contribution >= 4 is 28.5 Å². The number of carbonyl (C=O) groups is 1. The van der Waals surface area contributed by atoms with Crippen molar-refractivity contribution in [3.05, 3.63) is 60.0 Å². The van der Waals surface area contributed by atoms with E-state index in [1.54, 1.807) is 18.3 Å². The lowest BCUT2D eigenvalue weighted by Gasteiger charge is -2.18. The number of anilines is 3. The molecule has 0 saturated carbocycles. The Morgan fingerprint density at radius 1 is 1.14 bits per heavy atom. The van der Waals surface area contributed by atoms with E-state index in [0.717, 1.165) is 43.9 Å². The van der Waals surface area contributed by atoms with Crippen molar-refractivity contribution in [3.8, 4) is 0 Å². The first kappa shape index (κ1) is 19.9. The van der Waals surface area contributed by atoms with Gasteiger partial charge in [-0.25, -0.2) is 4.39 Å². The summed E-state index contributed by atoms with van der Waals surface area (Å²) in [6.45, 7) is 8.07. The molecule has 1 aliphatic heterocycles. The van der Waals surface area contributed by atoms with Gasteiger partial charge in [0.1, 0.15) is 5.82 Å². The molecular formula is C22H27FN4O. The number of para-hydroxylation sites is 1. The van der Waals surface area contributed by atoms with E-state index >= 15 is 0 Å². The number of benzene rings is 2. The average Bonchev–Trinajstić information content (AvgIpc) is 3.02. The molecule has 28 heavy (non-hydrogen) atoms. The molecule has 0 unspecified atom stereocenters. The third-order valence-electron chi connectivity index (χ3n) is 4.92. The van der Waals surface area contributed by atoms with Gasteiger partial charge in [-0.3, -0.25) is 4.79 Å². The number of nitrogens with zero attached hydrogens (tertiary/aromatic N) is 1. The Morgan fingerprint density at radius 3 is 2.68 bits per heavy atom.